The highest BCUT2D eigenvalue weighted by Crippen LogP contribution is 2.48. The first-order chi connectivity index (χ1) is 18.9. The van der Waals surface area contributed by atoms with E-state index in [1.165, 1.54) is 11.1 Å². The molecule has 3 atom stereocenters. The van der Waals surface area contributed by atoms with Crippen LogP contribution < -0.4 is 9.05 Å². The molecule has 39 heavy (non-hydrogen) atoms. The van der Waals surface area contributed by atoms with E-state index < -0.39 is 7.82 Å². The normalized spacial score (nSPS) is 14.1. The minimum Gasteiger partial charge on any atom is -0.395 e. The maximum absolute atomic E-state index is 13.1. The van der Waals surface area contributed by atoms with Crippen LogP contribution in [0.15, 0.2) is 133 Å². The van der Waals surface area contributed by atoms with Crippen LogP contribution in [0, 0.1) is 0 Å². The monoisotopic (exact) mass is 534 g/mol. The van der Waals surface area contributed by atoms with E-state index in [2.05, 4.69) is 38.1 Å². The van der Waals surface area contributed by atoms with Gasteiger partial charge in [0.25, 0.3) is 0 Å². The molecule has 5 aromatic carbocycles. The van der Waals surface area contributed by atoms with Crippen molar-refractivity contribution in [3.8, 4) is 22.6 Å². The second kappa shape index (κ2) is 11.7. The third-order valence-corrected chi connectivity index (χ3v) is 7.87. The summed E-state index contributed by atoms with van der Waals surface area (Å²) in [6, 6.07) is 43.0. The van der Waals surface area contributed by atoms with Gasteiger partial charge in [-0.15, -0.1) is 0 Å². The molecule has 0 heterocycles. The summed E-state index contributed by atoms with van der Waals surface area (Å²) in [4.78, 5) is 10.7. The van der Waals surface area contributed by atoms with E-state index in [1.807, 2.05) is 91.0 Å². The van der Waals surface area contributed by atoms with Crippen LogP contribution in [-0.2, 0) is 4.57 Å². The summed E-state index contributed by atoms with van der Waals surface area (Å²) in [5.74, 6) is 0.866. The van der Waals surface area contributed by atoms with Crippen LogP contribution >= 0.6 is 7.82 Å². The van der Waals surface area contributed by atoms with E-state index in [0.29, 0.717) is 0 Å². The zero-order chi connectivity index (χ0) is 27.2. The predicted molar refractivity (Wildman–Crippen MR) is 157 cm³/mol. The average molecular weight is 535 g/mol. The molecule has 0 aromatic heterocycles. The van der Waals surface area contributed by atoms with Crippen molar-refractivity contribution in [3.63, 3.8) is 0 Å². The van der Waals surface area contributed by atoms with Gasteiger partial charge < -0.3 is 9.05 Å². The summed E-state index contributed by atoms with van der Waals surface area (Å²) in [6.07, 6.45) is 0. The Labute approximate surface area is 230 Å². The highest BCUT2D eigenvalue weighted by atomic mass is 31.2. The molecule has 5 rings (SSSR count). The van der Waals surface area contributed by atoms with Crippen LogP contribution in [0.4, 0.5) is 0 Å². The number of phosphoric ester groups is 1. The van der Waals surface area contributed by atoms with E-state index in [4.69, 9.17) is 9.05 Å². The Morgan fingerprint density at radius 3 is 1.59 bits per heavy atom. The van der Waals surface area contributed by atoms with Gasteiger partial charge in [-0.1, -0.05) is 123 Å². The van der Waals surface area contributed by atoms with Crippen molar-refractivity contribution in [3.05, 3.63) is 156 Å². The molecule has 0 spiro atoms. The van der Waals surface area contributed by atoms with Crippen molar-refractivity contribution >= 4 is 7.82 Å². The lowest BCUT2D eigenvalue weighted by molar-refractivity contribution is 0.291. The highest BCUT2D eigenvalue weighted by Gasteiger charge is 2.27. The number of hydrogen-bond acceptors (Lipinski definition) is 3. The second-order valence-electron chi connectivity index (χ2n) is 9.61. The molecule has 5 heteroatoms. The van der Waals surface area contributed by atoms with Crippen molar-refractivity contribution in [2.75, 3.05) is 0 Å². The van der Waals surface area contributed by atoms with Crippen LogP contribution in [0.2, 0.25) is 0 Å². The van der Waals surface area contributed by atoms with Gasteiger partial charge in [0, 0.05) is 17.4 Å². The van der Waals surface area contributed by atoms with E-state index in [-0.39, 0.29) is 23.3 Å². The molecule has 0 bridgehead atoms. The molecule has 196 valence electrons. The van der Waals surface area contributed by atoms with Gasteiger partial charge in [-0.25, -0.2) is 4.57 Å². The molecule has 0 saturated carbocycles. The summed E-state index contributed by atoms with van der Waals surface area (Å²) >= 11 is 0. The maximum Gasteiger partial charge on any atom is 0.584 e. The van der Waals surface area contributed by atoms with Crippen LogP contribution in [0.3, 0.4) is 0 Å². The number of hydrogen-bond donors (Lipinski definition) is 1. The number of benzene rings is 5. The molecular weight excluding hydrogens is 503 g/mol. The van der Waals surface area contributed by atoms with Crippen molar-refractivity contribution in [2.24, 2.45) is 0 Å². The van der Waals surface area contributed by atoms with Gasteiger partial charge in [0.1, 0.15) is 11.5 Å². The molecule has 0 aliphatic heterocycles. The largest absolute Gasteiger partial charge is 0.584 e. The third kappa shape index (κ3) is 6.49. The van der Waals surface area contributed by atoms with Crippen LogP contribution in [0.1, 0.15) is 47.9 Å². The van der Waals surface area contributed by atoms with Gasteiger partial charge in [-0.3, -0.25) is 4.89 Å². The lowest BCUT2D eigenvalue weighted by atomic mass is 9.90. The van der Waals surface area contributed by atoms with Crippen molar-refractivity contribution in [1.29, 1.82) is 0 Å². The van der Waals surface area contributed by atoms with Gasteiger partial charge in [0.2, 0.25) is 0 Å². The molecule has 0 aliphatic rings. The Hall–Kier alpha value is -4.11. The van der Waals surface area contributed by atoms with E-state index in [9.17, 15) is 9.46 Å². The topological polar surface area (TPSA) is 55.8 Å². The first-order valence-corrected chi connectivity index (χ1v) is 14.5. The Morgan fingerprint density at radius 1 is 0.564 bits per heavy atom. The molecule has 4 nitrogen and oxygen atoms in total. The number of rotatable bonds is 9. The van der Waals surface area contributed by atoms with Gasteiger partial charge in [-0.05, 0) is 52.1 Å². The summed E-state index contributed by atoms with van der Waals surface area (Å²) in [5.41, 5.74) is 6.14. The second-order valence-corrected chi connectivity index (χ2v) is 10.9. The first-order valence-electron chi connectivity index (χ1n) is 13.0. The molecule has 0 aliphatic carbocycles. The van der Waals surface area contributed by atoms with E-state index in [0.717, 1.165) is 22.3 Å². The van der Waals surface area contributed by atoms with Crippen molar-refractivity contribution < 1.29 is 18.5 Å². The van der Waals surface area contributed by atoms with Crippen molar-refractivity contribution in [1.82, 2.24) is 0 Å². The van der Waals surface area contributed by atoms with Gasteiger partial charge in [-0.2, -0.15) is 0 Å². The van der Waals surface area contributed by atoms with E-state index >= 15 is 0 Å². The molecule has 0 fully saturated rings. The zero-order valence-corrected chi connectivity index (χ0v) is 22.9. The molecule has 0 amide bonds. The summed E-state index contributed by atoms with van der Waals surface area (Å²) < 4.78 is 24.3. The molecule has 5 aromatic rings. The predicted octanol–water partition coefficient (Wildman–Crippen LogP) is 9.22. The fourth-order valence-corrected chi connectivity index (χ4v) is 5.53. The maximum atomic E-state index is 13.1. The van der Waals surface area contributed by atoms with Gasteiger partial charge in [0.05, 0.1) is 0 Å². The van der Waals surface area contributed by atoms with Crippen LogP contribution in [-0.4, -0.2) is 4.89 Å². The average Bonchev–Trinajstić information content (AvgIpc) is 2.98. The zero-order valence-electron chi connectivity index (χ0n) is 22.0. The lowest BCUT2D eigenvalue weighted by Crippen LogP contribution is -2.03. The Morgan fingerprint density at radius 2 is 1.03 bits per heavy atom. The summed E-state index contributed by atoms with van der Waals surface area (Å²) in [6.45, 7) is 4.26. The molecule has 1 N–H and O–H groups in total. The molecular formula is C34H31O4P. The standard InChI is InChI=1S/C34H31O4P/c1-25(27-12-6-3-7-13-27)29-18-21-32(22-19-29)37-39(35,36)38-34-23-20-31(26(2)28-14-8-4-9-15-28)24-33(34)30-16-10-5-11-17-30/h3-26H,1-2H3,(H,35,36). The Balaban J connectivity index is 1.38. The van der Waals surface area contributed by atoms with E-state index in [1.54, 1.807) is 18.2 Å². The van der Waals surface area contributed by atoms with Crippen molar-refractivity contribution in [2.45, 2.75) is 25.7 Å². The first kappa shape index (κ1) is 26.5. The summed E-state index contributed by atoms with van der Waals surface area (Å²) in [7, 11) is -4.48. The molecule has 0 saturated heterocycles. The SMILES string of the molecule is CC(c1ccccc1)c1ccc(OP(=O)(O)Oc2ccc(C(C)c3ccccc3)cc2-c2ccccc2)cc1. The summed E-state index contributed by atoms with van der Waals surface area (Å²) in [5, 5.41) is 0. The smallest absolute Gasteiger partial charge is 0.395 e. The van der Waals surface area contributed by atoms with Crippen LogP contribution in [0.5, 0.6) is 11.5 Å². The fourth-order valence-electron chi connectivity index (χ4n) is 4.70. The Bertz CT molecular complexity index is 1550. The van der Waals surface area contributed by atoms with Gasteiger partial charge >= 0.3 is 7.82 Å². The minimum absolute atomic E-state index is 0.136. The Kier molecular flexibility index (Phi) is 7.97. The quantitative estimate of drug-likeness (QED) is 0.192. The molecule has 0 radical (unpaired) electrons. The highest BCUT2D eigenvalue weighted by molar-refractivity contribution is 7.48. The lowest BCUT2D eigenvalue weighted by Gasteiger charge is -2.19. The third-order valence-electron chi connectivity index (χ3n) is 7.00. The van der Waals surface area contributed by atoms with Crippen LogP contribution in [0.25, 0.3) is 11.1 Å². The molecule has 3 unspecified atom stereocenters. The number of phosphoric acid groups is 1. The fraction of sp³-hybridized carbons (Fsp3) is 0.118. The van der Waals surface area contributed by atoms with Gasteiger partial charge in [0.15, 0.2) is 0 Å². The minimum atomic E-state index is -4.48.